The van der Waals surface area contributed by atoms with Crippen LogP contribution in [0.1, 0.15) is 16.7 Å². The number of carbonyl (C=O) groups is 1. The van der Waals surface area contributed by atoms with E-state index in [1.165, 1.54) is 0 Å². The number of carboxylic acid groups (broad SMARTS) is 1. The number of halogens is 1. The Balaban J connectivity index is 1.82. The molecular formula is C21H20ClNO4S. The van der Waals surface area contributed by atoms with Gasteiger partial charge in [-0.05, 0) is 54.8 Å². The van der Waals surface area contributed by atoms with Gasteiger partial charge in [0.05, 0.1) is 18.8 Å². The Morgan fingerprint density at radius 2 is 1.96 bits per heavy atom. The van der Waals surface area contributed by atoms with Gasteiger partial charge in [0.1, 0.15) is 5.75 Å². The molecule has 0 atom stereocenters. The minimum absolute atomic E-state index is 0.399. The summed E-state index contributed by atoms with van der Waals surface area (Å²) in [5.74, 6) is 5.60. The first-order valence-corrected chi connectivity index (χ1v) is 9.94. The fraction of sp³-hybridized carbons (Fsp3) is 0.286. The van der Waals surface area contributed by atoms with Gasteiger partial charge in [0.2, 0.25) is 0 Å². The first-order chi connectivity index (χ1) is 13.5. The lowest BCUT2D eigenvalue weighted by Crippen LogP contribution is -2.30. The van der Waals surface area contributed by atoms with Crippen molar-refractivity contribution < 1.29 is 19.4 Å². The number of rotatable bonds is 5. The molecule has 0 radical (unpaired) electrons. The summed E-state index contributed by atoms with van der Waals surface area (Å²) < 4.78 is 13.0. The standard InChI is InChI=1S/C21H20ClNO4S/c1-15-2-6-19(28-23-8-10-26-11-9-23)13-16(15)3-4-17-12-18(22)5-7-20(17)27-14-21(24)25/h2,5-7,12-13H,8-11,14H2,1H3,(H,24,25). The highest BCUT2D eigenvalue weighted by Crippen LogP contribution is 2.26. The lowest BCUT2D eigenvalue weighted by Gasteiger charge is -2.25. The maximum absolute atomic E-state index is 10.8. The third-order valence-corrected chi connectivity index (χ3v) is 5.36. The number of aliphatic carboxylic acids is 1. The topological polar surface area (TPSA) is 59.0 Å². The first-order valence-electron chi connectivity index (χ1n) is 8.79. The van der Waals surface area contributed by atoms with Crippen LogP contribution in [0.15, 0.2) is 41.3 Å². The van der Waals surface area contributed by atoms with Gasteiger partial charge in [0, 0.05) is 28.6 Å². The summed E-state index contributed by atoms with van der Waals surface area (Å²) >= 11 is 7.77. The second-order valence-corrected chi connectivity index (χ2v) is 7.79. The van der Waals surface area contributed by atoms with Crippen LogP contribution in [0.4, 0.5) is 0 Å². The highest BCUT2D eigenvalue weighted by atomic mass is 35.5. The zero-order valence-corrected chi connectivity index (χ0v) is 17.0. The highest BCUT2D eigenvalue weighted by molar-refractivity contribution is 7.97. The van der Waals surface area contributed by atoms with E-state index in [1.54, 1.807) is 30.1 Å². The maximum Gasteiger partial charge on any atom is 0.341 e. The zero-order chi connectivity index (χ0) is 19.9. The van der Waals surface area contributed by atoms with Crippen LogP contribution in [-0.2, 0) is 9.53 Å². The number of benzene rings is 2. The van der Waals surface area contributed by atoms with Gasteiger partial charge in [-0.2, -0.15) is 0 Å². The molecule has 0 saturated carbocycles. The Morgan fingerprint density at radius 3 is 2.71 bits per heavy atom. The zero-order valence-electron chi connectivity index (χ0n) is 15.4. The molecule has 2 aromatic carbocycles. The molecule has 0 aromatic heterocycles. The Bertz CT molecular complexity index is 916. The van der Waals surface area contributed by atoms with E-state index in [1.807, 2.05) is 13.0 Å². The molecule has 1 saturated heterocycles. The minimum Gasteiger partial charge on any atom is -0.481 e. The Kier molecular flexibility index (Phi) is 7.24. The third-order valence-electron chi connectivity index (χ3n) is 4.04. The lowest BCUT2D eigenvalue weighted by atomic mass is 10.1. The number of hydrogen-bond donors (Lipinski definition) is 1. The van der Waals surface area contributed by atoms with Crippen LogP contribution in [0.2, 0.25) is 5.02 Å². The fourth-order valence-electron chi connectivity index (χ4n) is 2.58. The monoisotopic (exact) mass is 417 g/mol. The largest absolute Gasteiger partial charge is 0.481 e. The molecule has 146 valence electrons. The third kappa shape index (κ3) is 5.91. The van der Waals surface area contributed by atoms with Gasteiger partial charge in [-0.1, -0.05) is 29.5 Å². The Morgan fingerprint density at radius 1 is 1.21 bits per heavy atom. The molecule has 1 heterocycles. The summed E-state index contributed by atoms with van der Waals surface area (Å²) in [4.78, 5) is 11.9. The lowest BCUT2D eigenvalue weighted by molar-refractivity contribution is -0.139. The van der Waals surface area contributed by atoms with E-state index in [-0.39, 0.29) is 0 Å². The van der Waals surface area contributed by atoms with Crippen molar-refractivity contribution in [3.05, 3.63) is 58.1 Å². The predicted molar refractivity (Wildman–Crippen MR) is 110 cm³/mol. The molecule has 2 aromatic rings. The molecular weight excluding hydrogens is 398 g/mol. The Hall–Kier alpha value is -2.17. The number of nitrogens with zero attached hydrogens (tertiary/aromatic N) is 1. The summed E-state index contributed by atoms with van der Waals surface area (Å²) in [6, 6.07) is 11.1. The van der Waals surface area contributed by atoms with E-state index in [0.717, 1.165) is 42.3 Å². The summed E-state index contributed by atoms with van der Waals surface area (Å²) in [5, 5.41) is 9.34. The van der Waals surface area contributed by atoms with Crippen LogP contribution in [0.25, 0.3) is 0 Å². The van der Waals surface area contributed by atoms with E-state index < -0.39 is 12.6 Å². The summed E-state index contributed by atoms with van der Waals surface area (Å²) in [6.07, 6.45) is 0. The van der Waals surface area contributed by atoms with Gasteiger partial charge in [-0.3, -0.25) is 0 Å². The van der Waals surface area contributed by atoms with E-state index in [0.29, 0.717) is 16.3 Å². The molecule has 3 rings (SSSR count). The first kappa shape index (κ1) is 20.6. The molecule has 0 bridgehead atoms. The van der Waals surface area contributed by atoms with Crippen molar-refractivity contribution in [2.45, 2.75) is 11.8 Å². The van der Waals surface area contributed by atoms with Crippen molar-refractivity contribution in [2.24, 2.45) is 0 Å². The van der Waals surface area contributed by atoms with Crippen molar-refractivity contribution in [2.75, 3.05) is 32.9 Å². The normalized spacial score (nSPS) is 14.2. The highest BCUT2D eigenvalue weighted by Gasteiger charge is 2.12. The van der Waals surface area contributed by atoms with Gasteiger partial charge < -0.3 is 14.6 Å². The van der Waals surface area contributed by atoms with Gasteiger partial charge >= 0.3 is 5.97 Å². The van der Waals surface area contributed by atoms with Crippen molar-refractivity contribution in [3.8, 4) is 17.6 Å². The van der Waals surface area contributed by atoms with E-state index in [2.05, 4.69) is 28.3 Å². The van der Waals surface area contributed by atoms with E-state index >= 15 is 0 Å². The van der Waals surface area contributed by atoms with Gasteiger partial charge in [0.25, 0.3) is 0 Å². The number of carboxylic acids is 1. The Labute approximate surface area is 173 Å². The van der Waals surface area contributed by atoms with E-state index in [4.69, 9.17) is 26.2 Å². The van der Waals surface area contributed by atoms with Gasteiger partial charge in [0.15, 0.2) is 6.61 Å². The molecule has 7 heteroatoms. The number of aryl methyl sites for hydroxylation is 1. The van der Waals surface area contributed by atoms with E-state index in [9.17, 15) is 4.79 Å². The predicted octanol–water partition coefficient (Wildman–Crippen LogP) is 3.85. The van der Waals surface area contributed by atoms with Gasteiger partial charge in [-0.15, -0.1) is 0 Å². The molecule has 1 aliphatic heterocycles. The van der Waals surface area contributed by atoms with Crippen LogP contribution in [0.5, 0.6) is 5.75 Å². The van der Waals surface area contributed by atoms with Crippen molar-refractivity contribution in [1.82, 2.24) is 4.31 Å². The second kappa shape index (κ2) is 9.85. The van der Waals surface area contributed by atoms with Crippen molar-refractivity contribution >= 4 is 29.5 Å². The number of morpholine rings is 1. The van der Waals surface area contributed by atoms with Crippen LogP contribution >= 0.6 is 23.5 Å². The molecule has 1 fully saturated rings. The minimum atomic E-state index is -1.04. The molecule has 28 heavy (non-hydrogen) atoms. The smallest absolute Gasteiger partial charge is 0.341 e. The van der Waals surface area contributed by atoms with Gasteiger partial charge in [-0.25, -0.2) is 9.10 Å². The van der Waals surface area contributed by atoms with Crippen LogP contribution in [0, 0.1) is 18.8 Å². The average Bonchev–Trinajstić information content (AvgIpc) is 2.68. The average molecular weight is 418 g/mol. The maximum atomic E-state index is 10.8. The molecule has 0 spiro atoms. The summed E-state index contributed by atoms with van der Waals surface area (Å²) in [6.45, 7) is 4.87. The van der Waals surface area contributed by atoms with Crippen LogP contribution < -0.4 is 4.74 Å². The number of hydrogen-bond acceptors (Lipinski definition) is 5. The van der Waals surface area contributed by atoms with Crippen molar-refractivity contribution in [1.29, 1.82) is 0 Å². The molecule has 0 amide bonds. The molecule has 0 unspecified atom stereocenters. The molecule has 1 N–H and O–H groups in total. The quantitative estimate of drug-likeness (QED) is 0.589. The number of ether oxygens (including phenoxy) is 2. The van der Waals surface area contributed by atoms with Crippen molar-refractivity contribution in [3.63, 3.8) is 0 Å². The molecule has 5 nitrogen and oxygen atoms in total. The molecule has 0 aliphatic carbocycles. The SMILES string of the molecule is Cc1ccc(SN2CCOCC2)cc1C#Cc1cc(Cl)ccc1OCC(=O)O. The molecule has 1 aliphatic rings. The van der Waals surface area contributed by atoms with Crippen LogP contribution in [-0.4, -0.2) is 48.3 Å². The summed E-state index contributed by atoms with van der Waals surface area (Å²) in [7, 11) is 0. The van der Waals surface area contributed by atoms with Crippen LogP contribution in [0.3, 0.4) is 0 Å². The summed E-state index contributed by atoms with van der Waals surface area (Å²) in [5.41, 5.74) is 2.52. The fourth-order valence-corrected chi connectivity index (χ4v) is 3.68. The second-order valence-electron chi connectivity index (χ2n) is 6.18.